The van der Waals surface area contributed by atoms with Crippen molar-refractivity contribution in [2.45, 2.75) is 6.54 Å². The lowest BCUT2D eigenvalue weighted by atomic mass is 10.2. The number of carbonyl (C=O) groups excluding carboxylic acids is 1. The molecular weight excluding hydrogens is 308 g/mol. The summed E-state index contributed by atoms with van der Waals surface area (Å²) in [7, 11) is 1.69. The highest BCUT2D eigenvalue weighted by Gasteiger charge is 2.16. The van der Waals surface area contributed by atoms with Crippen molar-refractivity contribution in [2.24, 2.45) is 0 Å². The third kappa shape index (κ3) is 3.12. The molecule has 0 fully saturated rings. The molecule has 4 nitrogen and oxygen atoms in total. The number of hydrogen-bond donors (Lipinski definition) is 1. The number of nitrogens with zero attached hydrogens (tertiary/aromatic N) is 2. The van der Waals surface area contributed by atoms with Crippen molar-refractivity contribution in [1.29, 1.82) is 0 Å². The normalized spacial score (nSPS) is 10.2. The fourth-order valence-electron chi connectivity index (χ4n) is 1.72. The third-order valence-electron chi connectivity index (χ3n) is 2.74. The second-order valence-corrected chi connectivity index (χ2v) is 4.88. The molecule has 98 valence electrons. The summed E-state index contributed by atoms with van der Waals surface area (Å²) < 4.78 is 0.518. The molecule has 0 aliphatic heterocycles. The summed E-state index contributed by atoms with van der Waals surface area (Å²) in [5, 5.41) is 9.71. The predicted molar refractivity (Wildman–Crippen MR) is 75.8 cm³/mol. The molecule has 19 heavy (non-hydrogen) atoms. The van der Waals surface area contributed by atoms with Crippen molar-refractivity contribution in [1.82, 2.24) is 9.88 Å². The number of phenolic OH excluding ortho intramolecular Hbond substituents is 1. The lowest BCUT2D eigenvalue weighted by Crippen LogP contribution is -2.26. The van der Waals surface area contributed by atoms with Crippen LogP contribution in [0.4, 0.5) is 0 Å². The van der Waals surface area contributed by atoms with Crippen molar-refractivity contribution in [3.05, 3.63) is 58.3 Å². The van der Waals surface area contributed by atoms with Crippen LogP contribution in [0.3, 0.4) is 0 Å². The summed E-state index contributed by atoms with van der Waals surface area (Å²) in [5.74, 6) is 0.0376. The minimum atomic E-state index is -0.150. The van der Waals surface area contributed by atoms with Gasteiger partial charge in [-0.15, -0.1) is 0 Å². The maximum Gasteiger partial charge on any atom is 0.256 e. The minimum absolute atomic E-state index is 0.150. The Morgan fingerprint density at radius 2 is 2.05 bits per heavy atom. The van der Waals surface area contributed by atoms with Crippen LogP contribution in [0.1, 0.15) is 15.9 Å². The van der Waals surface area contributed by atoms with Gasteiger partial charge in [-0.3, -0.25) is 4.79 Å². The average molecular weight is 321 g/mol. The number of carbonyl (C=O) groups is 1. The molecule has 0 spiro atoms. The first-order valence-electron chi connectivity index (χ1n) is 5.72. The van der Waals surface area contributed by atoms with Crippen LogP contribution in [0.15, 0.2) is 47.2 Å². The Morgan fingerprint density at radius 3 is 2.74 bits per heavy atom. The van der Waals surface area contributed by atoms with Gasteiger partial charge in [-0.25, -0.2) is 4.98 Å². The first-order valence-corrected chi connectivity index (χ1v) is 6.51. The molecule has 5 heteroatoms. The molecule has 0 aliphatic carbocycles. The number of aromatic nitrogens is 1. The summed E-state index contributed by atoms with van der Waals surface area (Å²) in [6.45, 7) is 0.340. The van der Waals surface area contributed by atoms with E-state index in [0.717, 1.165) is 0 Å². The number of pyridine rings is 1. The number of para-hydroxylation sites is 1. The zero-order valence-corrected chi connectivity index (χ0v) is 12.0. The molecule has 0 radical (unpaired) electrons. The number of benzene rings is 1. The van der Waals surface area contributed by atoms with Crippen LogP contribution in [-0.4, -0.2) is 27.9 Å². The Hall–Kier alpha value is -1.88. The quantitative estimate of drug-likeness (QED) is 0.885. The lowest BCUT2D eigenvalue weighted by molar-refractivity contribution is 0.0783. The van der Waals surface area contributed by atoms with Crippen LogP contribution in [-0.2, 0) is 6.54 Å². The van der Waals surface area contributed by atoms with Crippen molar-refractivity contribution in [2.75, 3.05) is 7.05 Å². The van der Waals surface area contributed by atoms with Crippen LogP contribution in [0.25, 0.3) is 0 Å². The maximum atomic E-state index is 12.3. The Kier molecular flexibility index (Phi) is 4.16. The molecule has 1 amide bonds. The summed E-state index contributed by atoms with van der Waals surface area (Å²) in [6, 6.07) is 10.4. The summed E-state index contributed by atoms with van der Waals surface area (Å²) in [5.41, 5.74) is 1.21. The zero-order chi connectivity index (χ0) is 13.8. The van der Waals surface area contributed by atoms with Gasteiger partial charge in [-0.2, -0.15) is 0 Å². The highest BCUT2D eigenvalue weighted by Crippen LogP contribution is 2.20. The molecule has 1 aromatic carbocycles. The first-order chi connectivity index (χ1) is 9.09. The summed E-state index contributed by atoms with van der Waals surface area (Å²) in [4.78, 5) is 17.8. The van der Waals surface area contributed by atoms with Crippen molar-refractivity contribution in [3.63, 3.8) is 0 Å². The van der Waals surface area contributed by atoms with E-state index in [-0.39, 0.29) is 11.7 Å². The fourth-order valence-corrected chi connectivity index (χ4v) is 2.14. The van der Waals surface area contributed by atoms with E-state index in [0.29, 0.717) is 22.3 Å². The van der Waals surface area contributed by atoms with E-state index >= 15 is 0 Å². The van der Waals surface area contributed by atoms with Gasteiger partial charge in [0.2, 0.25) is 0 Å². The highest BCUT2D eigenvalue weighted by atomic mass is 79.9. The van der Waals surface area contributed by atoms with Gasteiger partial charge < -0.3 is 10.0 Å². The van der Waals surface area contributed by atoms with Crippen LogP contribution in [0.2, 0.25) is 0 Å². The molecule has 1 heterocycles. The van der Waals surface area contributed by atoms with E-state index < -0.39 is 0 Å². The molecule has 0 aliphatic rings. The monoisotopic (exact) mass is 320 g/mol. The van der Waals surface area contributed by atoms with Crippen LogP contribution >= 0.6 is 15.9 Å². The largest absolute Gasteiger partial charge is 0.508 e. The molecule has 2 rings (SSSR count). The molecule has 2 aromatic rings. The summed E-state index contributed by atoms with van der Waals surface area (Å²) in [6.07, 6.45) is 1.61. The molecular formula is C14H13BrN2O2. The van der Waals surface area contributed by atoms with E-state index in [1.54, 1.807) is 43.6 Å². The Bertz CT molecular complexity index is 602. The van der Waals surface area contributed by atoms with Crippen LogP contribution in [0.5, 0.6) is 5.75 Å². The van der Waals surface area contributed by atoms with Gasteiger partial charge >= 0.3 is 0 Å². The zero-order valence-electron chi connectivity index (χ0n) is 10.4. The first kappa shape index (κ1) is 13.5. The maximum absolute atomic E-state index is 12.3. The molecule has 0 unspecified atom stereocenters. The van der Waals surface area contributed by atoms with Gasteiger partial charge in [0.05, 0.1) is 5.56 Å². The SMILES string of the molecule is CN(Cc1ccccc1O)C(=O)c1cccnc1Br. The van der Waals surface area contributed by atoms with E-state index in [9.17, 15) is 9.90 Å². The number of rotatable bonds is 3. The second kappa shape index (κ2) is 5.84. The lowest BCUT2D eigenvalue weighted by Gasteiger charge is -2.18. The standard InChI is InChI=1S/C14H13BrN2O2/c1-17(9-10-5-2-3-7-12(10)18)14(19)11-6-4-8-16-13(11)15/h2-8,18H,9H2,1H3. The molecule has 0 saturated carbocycles. The predicted octanol–water partition coefficient (Wildman–Crippen LogP) is 2.82. The van der Waals surface area contributed by atoms with E-state index in [1.165, 1.54) is 4.90 Å². The van der Waals surface area contributed by atoms with E-state index in [2.05, 4.69) is 20.9 Å². The molecule has 0 atom stereocenters. The number of aromatic hydroxyl groups is 1. The third-order valence-corrected chi connectivity index (χ3v) is 3.37. The van der Waals surface area contributed by atoms with Gasteiger partial charge in [0.25, 0.3) is 5.91 Å². The van der Waals surface area contributed by atoms with E-state index in [1.807, 2.05) is 6.07 Å². The van der Waals surface area contributed by atoms with Crippen molar-refractivity contribution >= 4 is 21.8 Å². The smallest absolute Gasteiger partial charge is 0.256 e. The van der Waals surface area contributed by atoms with Gasteiger partial charge in [-0.1, -0.05) is 18.2 Å². The number of hydrogen-bond acceptors (Lipinski definition) is 3. The van der Waals surface area contributed by atoms with Crippen LogP contribution in [0, 0.1) is 0 Å². The Labute approximate surface area is 119 Å². The van der Waals surface area contributed by atoms with Gasteiger partial charge in [-0.05, 0) is 34.1 Å². The van der Waals surface area contributed by atoms with Gasteiger partial charge in [0.1, 0.15) is 10.4 Å². The fraction of sp³-hybridized carbons (Fsp3) is 0.143. The molecule has 0 bridgehead atoms. The van der Waals surface area contributed by atoms with Crippen LogP contribution < -0.4 is 0 Å². The van der Waals surface area contributed by atoms with Gasteiger partial charge in [0.15, 0.2) is 0 Å². The number of phenols is 1. The Balaban J connectivity index is 2.17. The highest BCUT2D eigenvalue weighted by molar-refractivity contribution is 9.10. The van der Waals surface area contributed by atoms with E-state index in [4.69, 9.17) is 0 Å². The number of halogens is 1. The second-order valence-electron chi connectivity index (χ2n) is 4.13. The molecule has 1 aromatic heterocycles. The minimum Gasteiger partial charge on any atom is -0.508 e. The van der Waals surface area contributed by atoms with Gasteiger partial charge in [0, 0.05) is 25.4 Å². The average Bonchev–Trinajstić information content (AvgIpc) is 2.41. The van der Waals surface area contributed by atoms with Crippen molar-refractivity contribution in [3.8, 4) is 5.75 Å². The Morgan fingerprint density at radius 1 is 1.32 bits per heavy atom. The number of amides is 1. The summed E-state index contributed by atoms with van der Waals surface area (Å²) >= 11 is 3.26. The topological polar surface area (TPSA) is 53.4 Å². The van der Waals surface area contributed by atoms with Crippen molar-refractivity contribution < 1.29 is 9.90 Å². The molecule has 0 saturated heterocycles. The molecule has 1 N–H and O–H groups in total.